The molecule has 1 unspecified atom stereocenters. The summed E-state index contributed by atoms with van der Waals surface area (Å²) >= 11 is 2.19. The number of methoxy groups -OCH3 is 1. The van der Waals surface area contributed by atoms with Gasteiger partial charge in [0.15, 0.2) is 0 Å². The van der Waals surface area contributed by atoms with Crippen LogP contribution < -0.4 is 5.32 Å². The predicted molar refractivity (Wildman–Crippen MR) is 75.4 cm³/mol. The zero-order valence-corrected chi connectivity index (χ0v) is 12.4. The van der Waals surface area contributed by atoms with Crippen LogP contribution in [0.2, 0.25) is 0 Å². The summed E-state index contributed by atoms with van der Waals surface area (Å²) in [6, 6.07) is 5.57. The van der Waals surface area contributed by atoms with Gasteiger partial charge in [-0.25, -0.2) is 4.79 Å². The minimum Gasteiger partial charge on any atom is -0.467 e. The molecule has 1 aromatic rings. The molecular formula is C13H14INO3. The summed E-state index contributed by atoms with van der Waals surface area (Å²) in [6.07, 6.45) is 0.992. The van der Waals surface area contributed by atoms with Crippen LogP contribution >= 0.6 is 22.6 Å². The molecule has 1 N–H and O–H groups in total. The second-order valence-corrected chi connectivity index (χ2v) is 5.49. The third kappa shape index (κ3) is 2.00. The van der Waals surface area contributed by atoms with Gasteiger partial charge >= 0.3 is 5.97 Å². The molecule has 1 aliphatic rings. The average molecular weight is 359 g/mol. The van der Waals surface area contributed by atoms with E-state index in [-0.39, 0.29) is 11.9 Å². The van der Waals surface area contributed by atoms with Crippen LogP contribution in [0, 0.1) is 3.57 Å². The Balaban J connectivity index is 2.52. The Bertz CT molecular complexity index is 515. The fraction of sp³-hybridized carbons (Fsp3) is 0.385. The van der Waals surface area contributed by atoms with Crippen molar-refractivity contribution in [2.24, 2.45) is 0 Å². The number of esters is 1. The van der Waals surface area contributed by atoms with Gasteiger partial charge in [0.05, 0.1) is 7.11 Å². The molecular weight excluding hydrogens is 345 g/mol. The van der Waals surface area contributed by atoms with E-state index in [0.717, 1.165) is 9.13 Å². The average Bonchev–Trinajstić information content (AvgIpc) is 2.38. The topological polar surface area (TPSA) is 55.4 Å². The maximum absolute atomic E-state index is 12.1. The van der Waals surface area contributed by atoms with Gasteiger partial charge in [-0.3, -0.25) is 4.79 Å². The zero-order chi connectivity index (χ0) is 13.3. The fourth-order valence-electron chi connectivity index (χ4n) is 2.26. The maximum Gasteiger partial charge on any atom is 0.331 e. The summed E-state index contributed by atoms with van der Waals surface area (Å²) in [7, 11) is 1.34. The molecule has 1 amide bonds. The van der Waals surface area contributed by atoms with Gasteiger partial charge in [-0.1, -0.05) is 13.0 Å². The number of rotatable bonds is 2. The van der Waals surface area contributed by atoms with Crippen LogP contribution in [0.1, 0.15) is 29.3 Å². The lowest BCUT2D eigenvalue weighted by Gasteiger charge is -2.35. The van der Waals surface area contributed by atoms with Crippen molar-refractivity contribution < 1.29 is 14.3 Å². The molecule has 0 bridgehead atoms. The molecule has 1 aromatic carbocycles. The molecule has 96 valence electrons. The molecule has 1 atom stereocenters. The molecule has 0 radical (unpaired) electrons. The number of hydrogen-bond donors (Lipinski definition) is 1. The Kier molecular flexibility index (Phi) is 3.61. The number of nitrogens with one attached hydrogen (secondary N) is 1. The Labute approximate surface area is 119 Å². The third-order valence-electron chi connectivity index (χ3n) is 3.37. The fourth-order valence-corrected chi connectivity index (χ4v) is 2.95. The summed E-state index contributed by atoms with van der Waals surface area (Å²) in [5, 5.41) is 2.80. The van der Waals surface area contributed by atoms with Gasteiger partial charge in [-0.05, 0) is 46.7 Å². The van der Waals surface area contributed by atoms with Crippen molar-refractivity contribution in [3.8, 4) is 0 Å². The molecule has 1 aliphatic heterocycles. The first-order valence-electron chi connectivity index (χ1n) is 5.72. The summed E-state index contributed by atoms with van der Waals surface area (Å²) in [6.45, 7) is 1.87. The highest BCUT2D eigenvalue weighted by Gasteiger charge is 2.44. The molecule has 0 saturated carbocycles. The lowest BCUT2D eigenvalue weighted by Crippen LogP contribution is -2.59. The van der Waals surface area contributed by atoms with E-state index >= 15 is 0 Å². The van der Waals surface area contributed by atoms with Gasteiger partial charge in [0, 0.05) is 15.6 Å². The predicted octanol–water partition coefficient (Wildman–Crippen LogP) is 1.90. The normalized spacial score (nSPS) is 22.1. The van der Waals surface area contributed by atoms with E-state index in [0.29, 0.717) is 18.4 Å². The number of carbonyl (C=O) groups excluding carboxylic acids is 2. The Hall–Kier alpha value is -1.11. The second kappa shape index (κ2) is 4.87. The molecule has 1 heterocycles. The first-order chi connectivity index (χ1) is 8.54. The quantitative estimate of drug-likeness (QED) is 0.648. The van der Waals surface area contributed by atoms with Crippen molar-refractivity contribution in [2.75, 3.05) is 7.11 Å². The number of carbonyl (C=O) groups is 2. The van der Waals surface area contributed by atoms with E-state index in [2.05, 4.69) is 27.9 Å². The van der Waals surface area contributed by atoms with Crippen molar-refractivity contribution in [3.05, 3.63) is 32.9 Å². The Morgan fingerprint density at radius 3 is 2.89 bits per heavy atom. The van der Waals surface area contributed by atoms with Crippen molar-refractivity contribution in [1.29, 1.82) is 0 Å². The number of amides is 1. The lowest BCUT2D eigenvalue weighted by molar-refractivity contribution is -0.148. The number of hydrogen-bond acceptors (Lipinski definition) is 3. The van der Waals surface area contributed by atoms with Crippen molar-refractivity contribution >= 4 is 34.5 Å². The van der Waals surface area contributed by atoms with Crippen molar-refractivity contribution in [3.63, 3.8) is 0 Å². The maximum atomic E-state index is 12.1. The number of halogens is 1. The number of ether oxygens (including phenoxy) is 1. The summed E-state index contributed by atoms with van der Waals surface area (Å²) < 4.78 is 5.83. The first-order valence-corrected chi connectivity index (χ1v) is 6.80. The SMILES string of the molecule is CCC1(C(=O)OC)Cc2c(I)cccc2C(=O)N1. The van der Waals surface area contributed by atoms with E-state index < -0.39 is 5.54 Å². The third-order valence-corrected chi connectivity index (χ3v) is 4.39. The molecule has 0 fully saturated rings. The van der Waals surface area contributed by atoms with Gasteiger partial charge in [0.2, 0.25) is 0 Å². The summed E-state index contributed by atoms with van der Waals surface area (Å²) in [5.74, 6) is -0.592. The molecule has 0 spiro atoms. The number of benzene rings is 1. The highest BCUT2D eigenvalue weighted by molar-refractivity contribution is 14.1. The first kappa shape index (κ1) is 13.3. The van der Waals surface area contributed by atoms with Crippen LogP contribution in [0.4, 0.5) is 0 Å². The highest BCUT2D eigenvalue weighted by Crippen LogP contribution is 2.30. The standard InChI is InChI=1S/C13H14INO3/c1-3-13(12(17)18-2)7-9-8(11(16)15-13)5-4-6-10(9)14/h4-6H,3,7H2,1-2H3,(H,15,16). The van der Waals surface area contributed by atoms with Gasteiger partial charge in [0.25, 0.3) is 5.91 Å². The molecule has 4 nitrogen and oxygen atoms in total. The lowest BCUT2D eigenvalue weighted by atomic mass is 9.82. The molecule has 0 aromatic heterocycles. The second-order valence-electron chi connectivity index (χ2n) is 4.32. The van der Waals surface area contributed by atoms with E-state index in [1.165, 1.54) is 7.11 Å². The zero-order valence-electron chi connectivity index (χ0n) is 10.2. The monoisotopic (exact) mass is 359 g/mol. The van der Waals surface area contributed by atoms with Crippen LogP contribution in [-0.2, 0) is 16.0 Å². The van der Waals surface area contributed by atoms with Crippen LogP contribution in [0.25, 0.3) is 0 Å². The van der Waals surface area contributed by atoms with E-state index in [9.17, 15) is 9.59 Å². The number of fused-ring (bicyclic) bond motifs is 1. The van der Waals surface area contributed by atoms with Gasteiger partial charge < -0.3 is 10.1 Å². The minimum atomic E-state index is -0.930. The molecule has 5 heteroatoms. The van der Waals surface area contributed by atoms with Crippen molar-refractivity contribution in [2.45, 2.75) is 25.3 Å². The smallest absolute Gasteiger partial charge is 0.331 e. The van der Waals surface area contributed by atoms with E-state index in [1.807, 2.05) is 19.1 Å². The molecule has 18 heavy (non-hydrogen) atoms. The van der Waals surface area contributed by atoms with E-state index in [1.54, 1.807) is 6.07 Å². The minimum absolute atomic E-state index is 0.206. The highest BCUT2D eigenvalue weighted by atomic mass is 127. The molecule has 0 saturated heterocycles. The Morgan fingerprint density at radius 1 is 1.56 bits per heavy atom. The summed E-state index contributed by atoms with van der Waals surface area (Å²) in [4.78, 5) is 24.1. The van der Waals surface area contributed by atoms with Gasteiger partial charge in [-0.15, -0.1) is 0 Å². The van der Waals surface area contributed by atoms with Gasteiger partial charge in [-0.2, -0.15) is 0 Å². The van der Waals surface area contributed by atoms with Crippen LogP contribution in [-0.4, -0.2) is 24.5 Å². The molecule has 2 rings (SSSR count). The van der Waals surface area contributed by atoms with Crippen LogP contribution in [0.3, 0.4) is 0 Å². The Morgan fingerprint density at radius 2 is 2.28 bits per heavy atom. The van der Waals surface area contributed by atoms with Crippen LogP contribution in [0.5, 0.6) is 0 Å². The van der Waals surface area contributed by atoms with Gasteiger partial charge in [0.1, 0.15) is 5.54 Å². The molecule has 0 aliphatic carbocycles. The van der Waals surface area contributed by atoms with E-state index in [4.69, 9.17) is 4.74 Å². The van der Waals surface area contributed by atoms with Crippen molar-refractivity contribution in [1.82, 2.24) is 5.32 Å². The largest absolute Gasteiger partial charge is 0.467 e. The van der Waals surface area contributed by atoms with Crippen LogP contribution in [0.15, 0.2) is 18.2 Å². The summed E-state index contributed by atoms with van der Waals surface area (Å²) in [5.41, 5.74) is 0.643.